The summed E-state index contributed by atoms with van der Waals surface area (Å²) in [4.78, 5) is 15.3. The zero-order valence-electron chi connectivity index (χ0n) is 10.5. The highest BCUT2D eigenvalue weighted by Gasteiger charge is 2.13. The molecule has 0 saturated carbocycles. The summed E-state index contributed by atoms with van der Waals surface area (Å²) in [7, 11) is 0. The molecular weight excluding hydrogens is 248 g/mol. The van der Waals surface area contributed by atoms with Crippen LogP contribution in [0.3, 0.4) is 0 Å². The molecule has 0 amide bonds. The van der Waals surface area contributed by atoms with Crippen molar-refractivity contribution in [3.8, 4) is 0 Å². The molecule has 1 N–H and O–H groups in total. The zero-order valence-corrected chi connectivity index (χ0v) is 11.3. The SMILES string of the molecule is CSCC(C)Cn1cnc2c(C(=O)O)cccc21. The van der Waals surface area contributed by atoms with Gasteiger partial charge in [-0.1, -0.05) is 13.0 Å². The number of fused-ring (bicyclic) bond motifs is 1. The normalized spacial score (nSPS) is 12.8. The van der Waals surface area contributed by atoms with Gasteiger partial charge in [-0.15, -0.1) is 0 Å². The molecule has 1 aromatic carbocycles. The number of para-hydroxylation sites is 1. The van der Waals surface area contributed by atoms with Crippen LogP contribution in [0.4, 0.5) is 0 Å². The van der Waals surface area contributed by atoms with Gasteiger partial charge in [0.1, 0.15) is 5.52 Å². The minimum Gasteiger partial charge on any atom is -0.478 e. The topological polar surface area (TPSA) is 55.1 Å². The van der Waals surface area contributed by atoms with Gasteiger partial charge in [0.2, 0.25) is 0 Å². The Labute approximate surface area is 110 Å². The van der Waals surface area contributed by atoms with Gasteiger partial charge in [-0.2, -0.15) is 11.8 Å². The van der Waals surface area contributed by atoms with Crippen molar-refractivity contribution in [2.75, 3.05) is 12.0 Å². The third-order valence-electron chi connectivity index (χ3n) is 2.84. The van der Waals surface area contributed by atoms with Gasteiger partial charge in [-0.25, -0.2) is 9.78 Å². The summed E-state index contributed by atoms with van der Waals surface area (Å²) < 4.78 is 2.03. The average Bonchev–Trinajstić information content (AvgIpc) is 2.72. The highest BCUT2D eigenvalue weighted by atomic mass is 32.2. The van der Waals surface area contributed by atoms with E-state index in [1.807, 2.05) is 22.4 Å². The smallest absolute Gasteiger partial charge is 0.337 e. The first kappa shape index (κ1) is 13.0. The molecule has 1 aromatic heterocycles. The Bertz CT molecular complexity index is 565. The molecule has 4 nitrogen and oxygen atoms in total. The molecule has 2 rings (SSSR count). The number of thioether (sulfide) groups is 1. The molecule has 1 unspecified atom stereocenters. The highest BCUT2D eigenvalue weighted by Crippen LogP contribution is 2.19. The summed E-state index contributed by atoms with van der Waals surface area (Å²) in [5.41, 5.74) is 1.73. The monoisotopic (exact) mass is 264 g/mol. The van der Waals surface area contributed by atoms with E-state index < -0.39 is 5.97 Å². The van der Waals surface area contributed by atoms with Crippen molar-refractivity contribution in [2.24, 2.45) is 5.92 Å². The van der Waals surface area contributed by atoms with Gasteiger partial charge in [-0.3, -0.25) is 0 Å². The van der Waals surface area contributed by atoms with Crippen LogP contribution in [0.2, 0.25) is 0 Å². The number of benzene rings is 1. The zero-order chi connectivity index (χ0) is 13.1. The molecule has 0 spiro atoms. The van der Waals surface area contributed by atoms with Gasteiger partial charge in [0.25, 0.3) is 0 Å². The first-order chi connectivity index (χ1) is 8.63. The van der Waals surface area contributed by atoms with Crippen LogP contribution in [0.1, 0.15) is 17.3 Å². The van der Waals surface area contributed by atoms with Gasteiger partial charge in [0.15, 0.2) is 0 Å². The van der Waals surface area contributed by atoms with E-state index in [9.17, 15) is 4.79 Å². The van der Waals surface area contributed by atoms with Gasteiger partial charge in [0, 0.05) is 6.54 Å². The summed E-state index contributed by atoms with van der Waals surface area (Å²) in [6.07, 6.45) is 3.82. The number of aromatic nitrogens is 2. The predicted octanol–water partition coefficient (Wildman–Crippen LogP) is 2.73. The first-order valence-corrected chi connectivity index (χ1v) is 7.19. The number of nitrogens with zero attached hydrogens (tertiary/aromatic N) is 2. The molecule has 0 aliphatic rings. The third kappa shape index (κ3) is 2.51. The van der Waals surface area contributed by atoms with Crippen molar-refractivity contribution in [3.05, 3.63) is 30.1 Å². The quantitative estimate of drug-likeness (QED) is 0.902. The molecule has 2 aromatic rings. The standard InChI is InChI=1S/C13H16N2O2S/c1-9(7-18-2)6-15-8-14-12-10(13(16)17)4-3-5-11(12)15/h3-5,8-9H,6-7H2,1-2H3,(H,16,17). The second-order valence-corrected chi connectivity index (χ2v) is 5.35. The second kappa shape index (κ2) is 5.44. The number of aromatic carboxylic acids is 1. The maximum absolute atomic E-state index is 11.1. The molecule has 1 heterocycles. The fraction of sp³-hybridized carbons (Fsp3) is 0.385. The van der Waals surface area contributed by atoms with E-state index in [2.05, 4.69) is 18.2 Å². The number of hydrogen-bond donors (Lipinski definition) is 1. The van der Waals surface area contributed by atoms with Gasteiger partial charge in [0.05, 0.1) is 17.4 Å². The lowest BCUT2D eigenvalue weighted by Gasteiger charge is -2.11. The third-order valence-corrected chi connectivity index (χ3v) is 3.74. The van der Waals surface area contributed by atoms with Crippen LogP contribution in [0.5, 0.6) is 0 Å². The van der Waals surface area contributed by atoms with Crippen molar-refractivity contribution in [2.45, 2.75) is 13.5 Å². The number of carboxylic acids is 1. The first-order valence-electron chi connectivity index (χ1n) is 5.79. The molecule has 0 saturated heterocycles. The van der Waals surface area contributed by atoms with Crippen LogP contribution in [0.25, 0.3) is 11.0 Å². The summed E-state index contributed by atoms with van der Waals surface area (Å²) >= 11 is 1.82. The lowest BCUT2D eigenvalue weighted by molar-refractivity contribution is 0.0699. The Hall–Kier alpha value is -1.49. The highest BCUT2D eigenvalue weighted by molar-refractivity contribution is 7.98. The number of imidazole rings is 1. The molecular formula is C13H16N2O2S. The number of carboxylic acid groups (broad SMARTS) is 1. The lowest BCUT2D eigenvalue weighted by Crippen LogP contribution is -2.08. The maximum Gasteiger partial charge on any atom is 0.337 e. The van der Waals surface area contributed by atoms with E-state index in [-0.39, 0.29) is 5.56 Å². The molecule has 96 valence electrons. The van der Waals surface area contributed by atoms with E-state index >= 15 is 0 Å². The van der Waals surface area contributed by atoms with Crippen molar-refractivity contribution < 1.29 is 9.90 Å². The summed E-state index contributed by atoms with van der Waals surface area (Å²) in [6, 6.07) is 5.27. The van der Waals surface area contributed by atoms with Crippen molar-refractivity contribution in [1.29, 1.82) is 0 Å². The molecule has 5 heteroatoms. The van der Waals surface area contributed by atoms with Crippen molar-refractivity contribution >= 4 is 28.8 Å². The van der Waals surface area contributed by atoms with E-state index in [0.717, 1.165) is 17.8 Å². The van der Waals surface area contributed by atoms with Crippen LogP contribution >= 0.6 is 11.8 Å². The lowest BCUT2D eigenvalue weighted by atomic mass is 10.1. The second-order valence-electron chi connectivity index (χ2n) is 4.44. The number of hydrogen-bond acceptors (Lipinski definition) is 3. The van der Waals surface area contributed by atoms with Crippen LogP contribution in [-0.4, -0.2) is 32.6 Å². The van der Waals surface area contributed by atoms with Crippen LogP contribution < -0.4 is 0 Å². The van der Waals surface area contributed by atoms with Gasteiger partial charge >= 0.3 is 5.97 Å². The fourth-order valence-corrected chi connectivity index (χ4v) is 2.75. The van der Waals surface area contributed by atoms with Crippen LogP contribution in [0.15, 0.2) is 24.5 Å². The van der Waals surface area contributed by atoms with E-state index in [4.69, 9.17) is 5.11 Å². The van der Waals surface area contributed by atoms with Gasteiger partial charge < -0.3 is 9.67 Å². The Morgan fingerprint density at radius 2 is 2.33 bits per heavy atom. The predicted molar refractivity (Wildman–Crippen MR) is 74.2 cm³/mol. The average molecular weight is 264 g/mol. The Morgan fingerprint density at radius 1 is 1.56 bits per heavy atom. The Morgan fingerprint density at radius 3 is 3.00 bits per heavy atom. The van der Waals surface area contributed by atoms with E-state index in [0.29, 0.717) is 11.4 Å². The van der Waals surface area contributed by atoms with Crippen molar-refractivity contribution in [3.63, 3.8) is 0 Å². The molecule has 0 radical (unpaired) electrons. The molecule has 0 aliphatic heterocycles. The molecule has 1 atom stereocenters. The largest absolute Gasteiger partial charge is 0.478 e. The number of carbonyl (C=O) groups is 1. The minimum atomic E-state index is -0.928. The summed E-state index contributed by atoms with van der Waals surface area (Å²) in [6.45, 7) is 3.05. The van der Waals surface area contributed by atoms with Crippen LogP contribution in [-0.2, 0) is 6.54 Å². The Balaban J connectivity index is 2.37. The molecule has 0 bridgehead atoms. The molecule has 0 fully saturated rings. The summed E-state index contributed by atoms with van der Waals surface area (Å²) in [5.74, 6) is 0.687. The minimum absolute atomic E-state index is 0.267. The Kier molecular flexibility index (Phi) is 3.91. The maximum atomic E-state index is 11.1. The summed E-state index contributed by atoms with van der Waals surface area (Å²) in [5, 5.41) is 9.11. The van der Waals surface area contributed by atoms with E-state index in [1.54, 1.807) is 18.5 Å². The molecule has 18 heavy (non-hydrogen) atoms. The van der Waals surface area contributed by atoms with Gasteiger partial charge in [-0.05, 0) is 30.1 Å². The molecule has 0 aliphatic carbocycles. The van der Waals surface area contributed by atoms with Crippen LogP contribution in [0, 0.1) is 5.92 Å². The number of rotatable bonds is 5. The van der Waals surface area contributed by atoms with Crippen molar-refractivity contribution in [1.82, 2.24) is 9.55 Å². The fourth-order valence-electron chi connectivity index (χ4n) is 2.08. The van der Waals surface area contributed by atoms with E-state index in [1.165, 1.54) is 0 Å².